The van der Waals surface area contributed by atoms with Gasteiger partial charge in [0.05, 0.1) is 18.1 Å². The number of carbonyl (C=O) groups is 2. The average Bonchev–Trinajstić information content (AvgIpc) is 2.57. The molecule has 0 saturated carbocycles. The minimum atomic E-state index is -4.48. The molecule has 0 spiro atoms. The van der Waals surface area contributed by atoms with Crippen LogP contribution in [-0.4, -0.2) is 44.1 Å². The van der Waals surface area contributed by atoms with Crippen LogP contribution in [0.15, 0.2) is 18.2 Å². The summed E-state index contributed by atoms with van der Waals surface area (Å²) < 4.78 is 39.1. The molecule has 2 atom stereocenters. The third-order valence-corrected chi connectivity index (χ3v) is 4.76. The van der Waals surface area contributed by atoms with Crippen LogP contribution >= 0.6 is 11.6 Å². The minimum Gasteiger partial charge on any atom is -0.481 e. The van der Waals surface area contributed by atoms with Crippen LogP contribution < -0.4 is 0 Å². The fourth-order valence-electron chi connectivity index (χ4n) is 3.06. The van der Waals surface area contributed by atoms with Crippen LogP contribution in [0.5, 0.6) is 0 Å². The smallest absolute Gasteiger partial charge is 0.416 e. The van der Waals surface area contributed by atoms with Crippen molar-refractivity contribution in [2.75, 3.05) is 0 Å². The molecule has 0 amide bonds. The van der Waals surface area contributed by atoms with Crippen molar-refractivity contribution in [3.63, 3.8) is 0 Å². The number of hydrogen-bond donors (Lipinski definition) is 4. The largest absolute Gasteiger partial charge is 0.481 e. The first-order chi connectivity index (χ1) is 13.3. The van der Waals surface area contributed by atoms with Crippen LogP contribution in [0, 0.1) is 0 Å². The molecule has 0 heterocycles. The Hall–Kier alpha value is -1.84. The molecule has 0 aromatic heterocycles. The molecular weight excluding hydrogens is 417 g/mol. The maximum absolute atomic E-state index is 13.0. The van der Waals surface area contributed by atoms with E-state index in [0.29, 0.717) is 25.7 Å². The highest BCUT2D eigenvalue weighted by Crippen LogP contribution is 2.34. The van der Waals surface area contributed by atoms with Gasteiger partial charge in [-0.3, -0.25) is 4.79 Å². The number of carboxylic acids is 2. The maximum atomic E-state index is 13.0. The fraction of sp³-hybridized carbons (Fsp3) is 0.579. The van der Waals surface area contributed by atoms with Gasteiger partial charge in [-0.05, 0) is 37.0 Å². The first-order valence-corrected chi connectivity index (χ1v) is 9.44. The molecule has 1 aromatic carbocycles. The summed E-state index contributed by atoms with van der Waals surface area (Å²) in [6.07, 6.45) is -4.87. The Bertz CT molecular complexity index is 710. The van der Waals surface area contributed by atoms with Gasteiger partial charge in [0.1, 0.15) is 0 Å². The van der Waals surface area contributed by atoms with Crippen LogP contribution in [0.25, 0.3) is 0 Å². The lowest BCUT2D eigenvalue weighted by Crippen LogP contribution is -2.43. The summed E-state index contributed by atoms with van der Waals surface area (Å²) in [6, 6.07) is 3.65. The van der Waals surface area contributed by atoms with E-state index >= 15 is 0 Å². The van der Waals surface area contributed by atoms with E-state index in [2.05, 4.69) is 0 Å². The molecule has 0 aliphatic rings. The van der Waals surface area contributed by atoms with Gasteiger partial charge in [-0.2, -0.15) is 13.2 Å². The molecule has 0 unspecified atom stereocenters. The van der Waals surface area contributed by atoms with E-state index in [-0.39, 0.29) is 23.4 Å². The standard InChI is InChI=1S/C19H24ClF3O6/c20-13-8-7-12(15(9-13)19(21,22)23)5-3-1-2-4-6-14(24)10-18(29,17(27)28)11-16(25)26/h7-9,14,24,29H,1-6,10-11H2,(H,25,26)(H,27,28)/t14-,18+/m0/s1. The van der Waals surface area contributed by atoms with E-state index in [1.165, 1.54) is 12.1 Å². The van der Waals surface area contributed by atoms with E-state index in [1.807, 2.05) is 0 Å². The Morgan fingerprint density at radius 3 is 2.24 bits per heavy atom. The van der Waals surface area contributed by atoms with Gasteiger partial charge in [0, 0.05) is 11.4 Å². The molecule has 10 heteroatoms. The van der Waals surface area contributed by atoms with Crippen LogP contribution in [0.3, 0.4) is 0 Å². The van der Waals surface area contributed by atoms with E-state index in [1.54, 1.807) is 0 Å². The van der Waals surface area contributed by atoms with Crippen molar-refractivity contribution in [3.05, 3.63) is 34.3 Å². The van der Waals surface area contributed by atoms with Crippen molar-refractivity contribution >= 4 is 23.5 Å². The number of benzene rings is 1. The molecule has 0 aliphatic heterocycles. The number of aliphatic carboxylic acids is 2. The van der Waals surface area contributed by atoms with Crippen molar-refractivity contribution in [2.24, 2.45) is 0 Å². The van der Waals surface area contributed by atoms with Gasteiger partial charge in [-0.25, -0.2) is 4.79 Å². The van der Waals surface area contributed by atoms with Crippen molar-refractivity contribution in [1.29, 1.82) is 0 Å². The summed E-state index contributed by atoms with van der Waals surface area (Å²) in [5.41, 5.74) is -3.15. The molecule has 0 bridgehead atoms. The van der Waals surface area contributed by atoms with Crippen LogP contribution in [0.2, 0.25) is 5.02 Å². The molecule has 1 rings (SSSR count). The lowest BCUT2D eigenvalue weighted by atomic mass is 9.90. The summed E-state index contributed by atoms with van der Waals surface area (Å²) in [4.78, 5) is 21.7. The second kappa shape index (κ2) is 10.8. The molecule has 0 saturated heterocycles. The molecule has 0 radical (unpaired) electrons. The first-order valence-electron chi connectivity index (χ1n) is 9.06. The van der Waals surface area contributed by atoms with Crippen molar-refractivity contribution < 1.29 is 43.2 Å². The van der Waals surface area contributed by atoms with Gasteiger partial charge in [0.2, 0.25) is 0 Å². The highest BCUT2D eigenvalue weighted by Gasteiger charge is 2.40. The number of alkyl halides is 3. The number of aryl methyl sites for hydroxylation is 1. The van der Waals surface area contributed by atoms with Crippen LogP contribution in [0.4, 0.5) is 13.2 Å². The van der Waals surface area contributed by atoms with Gasteiger partial charge in [-0.15, -0.1) is 0 Å². The molecule has 4 N–H and O–H groups in total. The predicted octanol–water partition coefficient (Wildman–Crippen LogP) is 3.89. The summed E-state index contributed by atoms with van der Waals surface area (Å²) >= 11 is 5.64. The Kier molecular flexibility index (Phi) is 9.38. The monoisotopic (exact) mass is 440 g/mol. The van der Waals surface area contributed by atoms with Gasteiger partial charge < -0.3 is 20.4 Å². The Morgan fingerprint density at radius 2 is 1.69 bits per heavy atom. The molecule has 0 fully saturated rings. The van der Waals surface area contributed by atoms with Crippen molar-refractivity contribution in [2.45, 2.75) is 69.2 Å². The fourth-order valence-corrected chi connectivity index (χ4v) is 3.23. The van der Waals surface area contributed by atoms with Crippen molar-refractivity contribution in [3.8, 4) is 0 Å². The second-order valence-corrected chi connectivity index (χ2v) is 7.45. The number of carboxylic acid groups (broad SMARTS) is 2. The van der Waals surface area contributed by atoms with E-state index in [0.717, 1.165) is 6.07 Å². The van der Waals surface area contributed by atoms with E-state index in [4.69, 9.17) is 21.8 Å². The summed E-state index contributed by atoms with van der Waals surface area (Å²) in [5, 5.41) is 37.4. The molecule has 29 heavy (non-hydrogen) atoms. The third kappa shape index (κ3) is 8.59. The minimum absolute atomic E-state index is 0.0132. The highest BCUT2D eigenvalue weighted by atomic mass is 35.5. The number of aliphatic hydroxyl groups is 2. The van der Waals surface area contributed by atoms with Gasteiger partial charge >= 0.3 is 18.1 Å². The number of hydrogen-bond acceptors (Lipinski definition) is 4. The number of rotatable bonds is 12. The topological polar surface area (TPSA) is 115 Å². The molecule has 1 aromatic rings. The van der Waals surface area contributed by atoms with Crippen LogP contribution in [0.1, 0.15) is 56.1 Å². The lowest BCUT2D eigenvalue weighted by Gasteiger charge is -2.24. The predicted molar refractivity (Wildman–Crippen MR) is 98.7 cm³/mol. The van der Waals surface area contributed by atoms with Crippen LogP contribution in [-0.2, 0) is 22.2 Å². The Morgan fingerprint density at radius 1 is 1.07 bits per heavy atom. The number of halogens is 4. The Balaban J connectivity index is 2.41. The van der Waals surface area contributed by atoms with Gasteiger partial charge in [-0.1, -0.05) is 36.9 Å². The average molecular weight is 441 g/mol. The Labute approximate surface area is 170 Å². The van der Waals surface area contributed by atoms with E-state index < -0.39 is 48.2 Å². The zero-order valence-electron chi connectivity index (χ0n) is 15.6. The highest BCUT2D eigenvalue weighted by molar-refractivity contribution is 6.30. The molecular formula is C19H24ClF3O6. The SMILES string of the molecule is O=C(O)C[C@](O)(C[C@@H](O)CCCCCCc1ccc(Cl)cc1C(F)(F)F)C(=O)O. The zero-order chi connectivity index (χ0) is 22.2. The summed E-state index contributed by atoms with van der Waals surface area (Å²) in [5.74, 6) is -3.22. The molecule has 164 valence electrons. The number of aliphatic hydroxyl groups excluding tert-OH is 1. The molecule has 0 aliphatic carbocycles. The van der Waals surface area contributed by atoms with Crippen molar-refractivity contribution in [1.82, 2.24) is 0 Å². The maximum Gasteiger partial charge on any atom is 0.416 e. The quantitative estimate of drug-likeness (QED) is 0.366. The molecule has 6 nitrogen and oxygen atoms in total. The van der Waals surface area contributed by atoms with Gasteiger partial charge in [0.15, 0.2) is 5.60 Å². The zero-order valence-corrected chi connectivity index (χ0v) is 16.3. The first kappa shape index (κ1) is 25.2. The normalized spacial score (nSPS) is 15.0. The van der Waals surface area contributed by atoms with E-state index in [9.17, 15) is 33.0 Å². The third-order valence-electron chi connectivity index (χ3n) is 4.53. The van der Waals surface area contributed by atoms with Gasteiger partial charge in [0.25, 0.3) is 0 Å². The lowest BCUT2D eigenvalue weighted by molar-refractivity contribution is -0.168. The summed E-state index contributed by atoms with van der Waals surface area (Å²) in [7, 11) is 0. The number of unbranched alkanes of at least 4 members (excludes halogenated alkanes) is 3. The second-order valence-electron chi connectivity index (χ2n) is 7.02. The summed E-state index contributed by atoms with van der Waals surface area (Å²) in [6.45, 7) is 0.